The summed E-state index contributed by atoms with van der Waals surface area (Å²) in [4.78, 5) is 45.0. The summed E-state index contributed by atoms with van der Waals surface area (Å²) in [5, 5.41) is 3.82. The van der Waals surface area contributed by atoms with Crippen LogP contribution in [0.25, 0.3) is 0 Å². The van der Waals surface area contributed by atoms with Gasteiger partial charge in [-0.1, -0.05) is 12.8 Å². The van der Waals surface area contributed by atoms with Gasteiger partial charge in [0.15, 0.2) is 5.82 Å². The Bertz CT molecular complexity index is 1430. The van der Waals surface area contributed by atoms with E-state index in [1.807, 2.05) is 20.8 Å². The minimum Gasteiger partial charge on any atom is -0.350 e. The van der Waals surface area contributed by atoms with Gasteiger partial charge in [0.2, 0.25) is 5.91 Å². The van der Waals surface area contributed by atoms with E-state index in [1.54, 1.807) is 23.5 Å². The number of carbonyl (C=O) groups is 2. The molecular weight excluding hydrogens is 581 g/mol. The molecule has 2 aliphatic carbocycles. The first-order chi connectivity index (χ1) is 22.3. The second-order valence-electron chi connectivity index (χ2n) is 14.6. The van der Waals surface area contributed by atoms with Crippen molar-refractivity contribution in [3.8, 4) is 0 Å². The summed E-state index contributed by atoms with van der Waals surface area (Å²) in [6.07, 6.45) is 14.0. The number of hydrogen-bond acceptors (Lipinski definition) is 7. The summed E-state index contributed by atoms with van der Waals surface area (Å²) in [7, 11) is 0. The summed E-state index contributed by atoms with van der Waals surface area (Å²) in [6.45, 7) is 9.33. The highest BCUT2D eigenvalue weighted by Gasteiger charge is 2.46. The van der Waals surface area contributed by atoms with Gasteiger partial charge in [0.25, 0.3) is 5.91 Å². The van der Waals surface area contributed by atoms with Gasteiger partial charge in [-0.25, -0.2) is 14.4 Å². The number of anilines is 3. The normalized spacial score (nSPS) is 27.8. The molecule has 2 saturated carbocycles. The lowest BCUT2D eigenvalue weighted by Gasteiger charge is -2.48. The molecule has 0 radical (unpaired) electrons. The maximum atomic E-state index is 14.5. The molecule has 0 unspecified atom stereocenters. The molecule has 5 atom stereocenters. The molecule has 2 amide bonds. The summed E-state index contributed by atoms with van der Waals surface area (Å²) in [6, 6.07) is 5.22. The number of piperidine rings is 2. The Kier molecular flexibility index (Phi) is 8.92. The van der Waals surface area contributed by atoms with Gasteiger partial charge < -0.3 is 24.9 Å². The zero-order chi connectivity index (χ0) is 31.9. The van der Waals surface area contributed by atoms with Gasteiger partial charge in [-0.3, -0.25) is 9.59 Å². The van der Waals surface area contributed by atoms with E-state index in [1.165, 1.54) is 50.7 Å². The molecule has 4 aliphatic heterocycles. The van der Waals surface area contributed by atoms with Gasteiger partial charge in [0, 0.05) is 50.8 Å². The van der Waals surface area contributed by atoms with Crippen LogP contribution >= 0.6 is 0 Å². The second-order valence-corrected chi connectivity index (χ2v) is 14.6. The molecule has 46 heavy (non-hydrogen) atoms. The van der Waals surface area contributed by atoms with Crippen LogP contribution in [0.15, 0.2) is 30.7 Å². The molecule has 9 nitrogen and oxygen atoms in total. The Morgan fingerprint density at radius 1 is 1.04 bits per heavy atom. The van der Waals surface area contributed by atoms with Gasteiger partial charge in [-0.2, -0.15) is 0 Å². The molecule has 1 aromatic carbocycles. The molecule has 6 aliphatic rings. The molecule has 10 heteroatoms. The third-order valence-corrected chi connectivity index (χ3v) is 11.4. The Hall–Kier alpha value is -3.27. The molecule has 0 spiro atoms. The maximum Gasteiger partial charge on any atom is 0.256 e. The van der Waals surface area contributed by atoms with Crippen LogP contribution in [-0.2, 0) is 4.79 Å². The number of halogens is 1. The monoisotopic (exact) mass is 631 g/mol. The Morgan fingerprint density at radius 2 is 1.89 bits per heavy atom. The van der Waals surface area contributed by atoms with Gasteiger partial charge in [0.1, 0.15) is 17.8 Å². The zero-order valence-electron chi connectivity index (χ0n) is 27.7. The highest BCUT2D eigenvalue weighted by Crippen LogP contribution is 2.45. The number of aromatic nitrogens is 2. The zero-order valence-corrected chi connectivity index (χ0v) is 27.7. The van der Waals surface area contributed by atoms with E-state index in [9.17, 15) is 14.0 Å². The molecule has 3 saturated heterocycles. The largest absolute Gasteiger partial charge is 0.350 e. The number of nitrogens with one attached hydrogen (secondary N) is 1. The summed E-state index contributed by atoms with van der Waals surface area (Å²) in [5.41, 5.74) is 1.85. The number of likely N-dealkylation sites (tertiary alicyclic amines) is 1. The van der Waals surface area contributed by atoms with Crippen LogP contribution in [0.3, 0.4) is 0 Å². The SMILES string of the molecule is CCN(C(=O)c1cc(F)ccc1N1CCN([C@@H]2CCCN(C(=O)[C@H]3N[C@H]4CC[C@@H]3C[C@@H]4CC3CC3)CC2)c2ncncc21)C(C)C. The Morgan fingerprint density at radius 3 is 2.63 bits per heavy atom. The van der Waals surface area contributed by atoms with E-state index in [2.05, 4.69) is 25.0 Å². The topological polar surface area (TPSA) is 84.9 Å². The molecule has 8 rings (SSSR count). The fourth-order valence-corrected chi connectivity index (χ4v) is 8.89. The van der Waals surface area contributed by atoms with Crippen molar-refractivity contribution in [2.45, 2.75) is 103 Å². The van der Waals surface area contributed by atoms with Crippen molar-refractivity contribution >= 4 is 29.0 Å². The Balaban J connectivity index is 1.06. The van der Waals surface area contributed by atoms with Crippen molar-refractivity contribution in [2.24, 2.45) is 17.8 Å². The number of hydrogen-bond donors (Lipinski definition) is 1. The molecule has 5 heterocycles. The molecule has 5 fully saturated rings. The predicted molar refractivity (Wildman–Crippen MR) is 178 cm³/mol. The second kappa shape index (κ2) is 13.1. The molecule has 248 valence electrons. The van der Waals surface area contributed by atoms with Crippen LogP contribution in [0.2, 0.25) is 0 Å². The van der Waals surface area contributed by atoms with E-state index >= 15 is 0 Å². The van der Waals surface area contributed by atoms with E-state index in [4.69, 9.17) is 4.98 Å². The van der Waals surface area contributed by atoms with Crippen molar-refractivity contribution < 1.29 is 14.0 Å². The minimum atomic E-state index is -0.429. The van der Waals surface area contributed by atoms with Gasteiger partial charge in [-0.05, 0) is 102 Å². The summed E-state index contributed by atoms with van der Waals surface area (Å²) in [5.74, 6) is 2.71. The maximum absolute atomic E-state index is 14.5. The minimum absolute atomic E-state index is 0.00366. The van der Waals surface area contributed by atoms with E-state index in [0.29, 0.717) is 48.8 Å². The van der Waals surface area contributed by atoms with Crippen LogP contribution in [0, 0.1) is 23.6 Å². The summed E-state index contributed by atoms with van der Waals surface area (Å²) < 4.78 is 14.5. The lowest BCUT2D eigenvalue weighted by molar-refractivity contribution is -0.138. The number of fused-ring (bicyclic) bond motifs is 4. The number of nitrogens with zero attached hydrogens (tertiary/aromatic N) is 6. The van der Waals surface area contributed by atoms with Crippen LogP contribution < -0.4 is 15.1 Å². The van der Waals surface area contributed by atoms with Gasteiger partial charge in [-0.15, -0.1) is 0 Å². The first kappa shape index (κ1) is 31.3. The molecular formula is C36H50FN7O2. The first-order valence-corrected chi connectivity index (χ1v) is 17.8. The summed E-state index contributed by atoms with van der Waals surface area (Å²) >= 11 is 0. The van der Waals surface area contributed by atoms with Gasteiger partial charge in [0.05, 0.1) is 23.5 Å². The average molecular weight is 632 g/mol. The van der Waals surface area contributed by atoms with Gasteiger partial charge >= 0.3 is 0 Å². The molecule has 2 bridgehead atoms. The smallest absolute Gasteiger partial charge is 0.256 e. The third-order valence-electron chi connectivity index (χ3n) is 11.4. The molecule has 1 N–H and O–H groups in total. The standard InChI is InChI=1S/C36H50FN7O2/c1-4-42(23(2)3)35(45)29-20-27(37)10-12-31(29)44-17-16-43(34-32(44)21-38-22-39-34)28-6-5-14-41(15-13-28)36(46)33-25-9-11-30(40-33)26(19-25)18-24-7-8-24/h10,12,20-26,28,30,33,40H,4-9,11,13-19H2,1-3H3/t25-,26+,28-,30+,33+/m1/s1. The average Bonchev–Trinajstić information content (AvgIpc) is 3.91. The fraction of sp³-hybridized carbons (Fsp3) is 0.667. The predicted octanol–water partition coefficient (Wildman–Crippen LogP) is 5.38. The van der Waals surface area contributed by atoms with E-state index < -0.39 is 5.82 Å². The highest BCUT2D eigenvalue weighted by atomic mass is 19.1. The lowest BCUT2D eigenvalue weighted by Crippen LogP contribution is -2.62. The lowest BCUT2D eigenvalue weighted by atomic mass is 9.68. The molecule has 1 aromatic heterocycles. The van der Waals surface area contributed by atoms with Crippen LogP contribution in [-0.4, -0.2) is 88.5 Å². The van der Waals surface area contributed by atoms with Crippen molar-refractivity contribution in [3.63, 3.8) is 0 Å². The number of amides is 2. The Labute approximate surface area is 272 Å². The quantitative estimate of drug-likeness (QED) is 0.419. The van der Waals surface area contributed by atoms with Crippen LogP contribution in [0.1, 0.15) is 88.9 Å². The van der Waals surface area contributed by atoms with Crippen molar-refractivity contribution in [3.05, 3.63) is 42.1 Å². The van der Waals surface area contributed by atoms with E-state index in [-0.39, 0.29) is 24.0 Å². The van der Waals surface area contributed by atoms with Crippen LogP contribution in [0.5, 0.6) is 0 Å². The number of rotatable bonds is 8. The van der Waals surface area contributed by atoms with Crippen molar-refractivity contribution in [1.82, 2.24) is 25.1 Å². The fourth-order valence-electron chi connectivity index (χ4n) is 8.89. The molecule has 2 aromatic rings. The first-order valence-electron chi connectivity index (χ1n) is 17.8. The van der Waals surface area contributed by atoms with E-state index in [0.717, 1.165) is 55.7 Å². The van der Waals surface area contributed by atoms with Crippen molar-refractivity contribution in [2.75, 3.05) is 42.5 Å². The van der Waals surface area contributed by atoms with Crippen molar-refractivity contribution in [1.29, 1.82) is 0 Å². The number of benzene rings is 1. The third kappa shape index (κ3) is 6.09. The van der Waals surface area contributed by atoms with Crippen LogP contribution in [0.4, 0.5) is 21.6 Å². The number of carbonyl (C=O) groups excluding carboxylic acids is 2. The highest BCUT2D eigenvalue weighted by molar-refractivity contribution is 6.01.